The zero-order chi connectivity index (χ0) is 14.1. The highest BCUT2D eigenvalue weighted by atomic mass is 35.5. The van der Waals surface area contributed by atoms with E-state index in [0.717, 1.165) is 22.0 Å². The van der Waals surface area contributed by atoms with Crippen LogP contribution < -0.4 is 5.73 Å². The molecular formula is C14H14ClN3OS. The van der Waals surface area contributed by atoms with E-state index in [0.29, 0.717) is 18.1 Å². The summed E-state index contributed by atoms with van der Waals surface area (Å²) in [6.07, 6.45) is 0. The Bertz CT molecular complexity index is 737. The molecule has 20 heavy (non-hydrogen) atoms. The number of hydrogen-bond acceptors (Lipinski definition) is 5. The van der Waals surface area contributed by atoms with Gasteiger partial charge < -0.3 is 10.2 Å². The lowest BCUT2D eigenvalue weighted by Gasteiger charge is -2.12. The minimum absolute atomic E-state index is 0.643. The topological polar surface area (TPSA) is 55.3 Å². The van der Waals surface area contributed by atoms with Crippen LogP contribution in [0.3, 0.4) is 0 Å². The maximum absolute atomic E-state index is 5.93. The van der Waals surface area contributed by atoms with E-state index in [1.807, 2.05) is 37.4 Å². The standard InChI is InChI=1S/C14H14ClN3OS/c1-18(7-10-3-5-13(15)20-10)8-14-17-11-6-9(16)2-4-12(11)19-14/h2-6H,7-8,16H2,1H3. The van der Waals surface area contributed by atoms with Gasteiger partial charge in [-0.2, -0.15) is 0 Å². The molecule has 2 aromatic heterocycles. The van der Waals surface area contributed by atoms with Crippen LogP contribution >= 0.6 is 22.9 Å². The number of nitrogens with two attached hydrogens (primary N) is 1. The van der Waals surface area contributed by atoms with E-state index in [2.05, 4.69) is 9.88 Å². The Labute approximate surface area is 125 Å². The molecule has 0 aliphatic rings. The summed E-state index contributed by atoms with van der Waals surface area (Å²) < 4.78 is 6.52. The van der Waals surface area contributed by atoms with Crippen molar-refractivity contribution in [2.45, 2.75) is 13.1 Å². The van der Waals surface area contributed by atoms with Crippen molar-refractivity contribution in [3.8, 4) is 0 Å². The third kappa shape index (κ3) is 2.95. The van der Waals surface area contributed by atoms with Crippen molar-refractivity contribution in [3.63, 3.8) is 0 Å². The lowest BCUT2D eigenvalue weighted by molar-refractivity contribution is 0.287. The van der Waals surface area contributed by atoms with Gasteiger partial charge in [0.15, 0.2) is 5.58 Å². The Balaban J connectivity index is 1.72. The van der Waals surface area contributed by atoms with E-state index in [1.54, 1.807) is 11.3 Å². The monoisotopic (exact) mass is 307 g/mol. The predicted molar refractivity (Wildman–Crippen MR) is 82.9 cm³/mol. The number of rotatable bonds is 4. The molecule has 3 rings (SSSR count). The van der Waals surface area contributed by atoms with Crippen molar-refractivity contribution in [1.29, 1.82) is 0 Å². The molecule has 0 spiro atoms. The second-order valence-corrected chi connectivity index (χ2v) is 6.51. The normalized spacial score (nSPS) is 11.6. The zero-order valence-corrected chi connectivity index (χ0v) is 12.5. The molecule has 0 radical (unpaired) electrons. The van der Waals surface area contributed by atoms with Crippen LogP contribution in [0.25, 0.3) is 11.1 Å². The SMILES string of the molecule is CN(Cc1nc2cc(N)ccc2o1)Cc1ccc(Cl)s1. The molecule has 0 aliphatic carbocycles. The highest BCUT2D eigenvalue weighted by molar-refractivity contribution is 7.16. The van der Waals surface area contributed by atoms with Gasteiger partial charge in [0.05, 0.1) is 10.9 Å². The van der Waals surface area contributed by atoms with Crippen LogP contribution in [0, 0.1) is 0 Å². The summed E-state index contributed by atoms with van der Waals surface area (Å²) in [5, 5.41) is 0. The second kappa shape index (κ2) is 5.44. The fourth-order valence-electron chi connectivity index (χ4n) is 2.05. The molecule has 2 heterocycles. The van der Waals surface area contributed by atoms with Gasteiger partial charge in [-0.1, -0.05) is 11.6 Å². The predicted octanol–water partition coefficient (Wildman–Crippen LogP) is 3.76. The maximum atomic E-state index is 5.93. The summed E-state index contributed by atoms with van der Waals surface area (Å²) in [7, 11) is 2.02. The minimum atomic E-state index is 0.643. The molecule has 0 saturated carbocycles. The number of anilines is 1. The number of fused-ring (bicyclic) bond motifs is 1. The smallest absolute Gasteiger partial charge is 0.209 e. The molecule has 1 aromatic carbocycles. The number of halogens is 1. The van der Waals surface area contributed by atoms with Crippen molar-refractivity contribution in [2.75, 3.05) is 12.8 Å². The van der Waals surface area contributed by atoms with E-state index in [1.165, 1.54) is 4.88 Å². The van der Waals surface area contributed by atoms with E-state index < -0.39 is 0 Å². The van der Waals surface area contributed by atoms with Crippen molar-refractivity contribution in [2.24, 2.45) is 0 Å². The molecule has 0 saturated heterocycles. The summed E-state index contributed by atoms with van der Waals surface area (Å²) >= 11 is 7.52. The molecular weight excluding hydrogens is 294 g/mol. The fraction of sp³-hybridized carbons (Fsp3) is 0.214. The molecule has 104 valence electrons. The Morgan fingerprint density at radius 1 is 1.30 bits per heavy atom. The Hall–Kier alpha value is -1.56. The number of nitrogen functional groups attached to an aromatic ring is 1. The summed E-state index contributed by atoms with van der Waals surface area (Å²) in [6, 6.07) is 9.43. The third-order valence-electron chi connectivity index (χ3n) is 2.92. The van der Waals surface area contributed by atoms with Crippen molar-refractivity contribution >= 4 is 39.7 Å². The molecule has 3 aromatic rings. The van der Waals surface area contributed by atoms with Crippen LogP contribution in [0.2, 0.25) is 4.34 Å². The molecule has 0 amide bonds. The molecule has 0 bridgehead atoms. The molecule has 0 unspecified atom stereocenters. The lowest BCUT2D eigenvalue weighted by atomic mass is 10.3. The summed E-state index contributed by atoms with van der Waals surface area (Å²) in [6.45, 7) is 1.46. The number of nitrogens with zero attached hydrogens (tertiary/aromatic N) is 2. The maximum Gasteiger partial charge on any atom is 0.209 e. The average molecular weight is 308 g/mol. The van der Waals surface area contributed by atoms with Gasteiger partial charge in [0.2, 0.25) is 5.89 Å². The first-order valence-electron chi connectivity index (χ1n) is 6.18. The van der Waals surface area contributed by atoms with Crippen LogP contribution in [0.5, 0.6) is 0 Å². The Morgan fingerprint density at radius 2 is 2.15 bits per heavy atom. The van der Waals surface area contributed by atoms with Crippen LogP contribution in [0.4, 0.5) is 5.69 Å². The van der Waals surface area contributed by atoms with E-state index >= 15 is 0 Å². The van der Waals surface area contributed by atoms with E-state index in [9.17, 15) is 0 Å². The van der Waals surface area contributed by atoms with Gasteiger partial charge in [0, 0.05) is 17.1 Å². The molecule has 2 N–H and O–H groups in total. The first kappa shape index (κ1) is 13.4. The van der Waals surface area contributed by atoms with Crippen LogP contribution in [-0.2, 0) is 13.1 Å². The fourth-order valence-corrected chi connectivity index (χ4v) is 3.22. The summed E-state index contributed by atoms with van der Waals surface area (Å²) in [4.78, 5) is 7.80. The van der Waals surface area contributed by atoms with Crippen LogP contribution in [-0.4, -0.2) is 16.9 Å². The van der Waals surface area contributed by atoms with Gasteiger partial charge >= 0.3 is 0 Å². The Kier molecular flexibility index (Phi) is 3.65. The number of aromatic nitrogens is 1. The van der Waals surface area contributed by atoms with Gasteiger partial charge in [-0.25, -0.2) is 4.98 Å². The Morgan fingerprint density at radius 3 is 2.90 bits per heavy atom. The van der Waals surface area contributed by atoms with Crippen molar-refractivity contribution < 1.29 is 4.42 Å². The van der Waals surface area contributed by atoms with E-state index in [4.69, 9.17) is 21.8 Å². The lowest BCUT2D eigenvalue weighted by Crippen LogP contribution is -2.16. The van der Waals surface area contributed by atoms with Gasteiger partial charge in [0.25, 0.3) is 0 Å². The third-order valence-corrected chi connectivity index (χ3v) is 4.13. The molecule has 0 fully saturated rings. The zero-order valence-electron chi connectivity index (χ0n) is 11.0. The second-order valence-electron chi connectivity index (χ2n) is 4.71. The number of oxazole rings is 1. The van der Waals surface area contributed by atoms with Gasteiger partial charge in [0.1, 0.15) is 5.52 Å². The van der Waals surface area contributed by atoms with Crippen LogP contribution in [0.15, 0.2) is 34.7 Å². The molecule has 0 aliphatic heterocycles. The van der Waals surface area contributed by atoms with Gasteiger partial charge in [-0.05, 0) is 37.4 Å². The minimum Gasteiger partial charge on any atom is -0.439 e. The summed E-state index contributed by atoms with van der Waals surface area (Å²) in [5.41, 5.74) is 7.99. The highest BCUT2D eigenvalue weighted by Crippen LogP contribution is 2.23. The number of benzene rings is 1. The first-order chi connectivity index (χ1) is 9.60. The highest BCUT2D eigenvalue weighted by Gasteiger charge is 2.10. The van der Waals surface area contributed by atoms with Gasteiger partial charge in [-0.3, -0.25) is 4.90 Å². The molecule has 6 heteroatoms. The molecule has 0 atom stereocenters. The van der Waals surface area contributed by atoms with Crippen molar-refractivity contribution in [3.05, 3.63) is 45.4 Å². The van der Waals surface area contributed by atoms with Crippen molar-refractivity contribution in [1.82, 2.24) is 9.88 Å². The molecule has 4 nitrogen and oxygen atoms in total. The van der Waals surface area contributed by atoms with E-state index in [-0.39, 0.29) is 0 Å². The number of thiophene rings is 1. The first-order valence-corrected chi connectivity index (χ1v) is 7.37. The average Bonchev–Trinajstić information content (AvgIpc) is 2.94. The van der Waals surface area contributed by atoms with Crippen LogP contribution in [0.1, 0.15) is 10.8 Å². The summed E-state index contributed by atoms with van der Waals surface area (Å²) in [5.74, 6) is 0.691. The quantitative estimate of drug-likeness (QED) is 0.746. The largest absolute Gasteiger partial charge is 0.439 e. The number of hydrogen-bond donors (Lipinski definition) is 1. The van der Waals surface area contributed by atoms with Gasteiger partial charge in [-0.15, -0.1) is 11.3 Å².